The first kappa shape index (κ1) is 12.6. The molecule has 1 unspecified atom stereocenters. The predicted molar refractivity (Wildman–Crippen MR) is 68.5 cm³/mol. The van der Waals surface area contributed by atoms with Crippen molar-refractivity contribution in [2.24, 2.45) is 10.9 Å². The predicted octanol–water partition coefficient (Wildman–Crippen LogP) is 2.03. The standard InChI is InChI=1S/C14H17NO3/c1-9(2)12-11(14(16)17-3)15-13(18-12)10-7-5-4-6-8-10/h4-9,11-12H,1-3H3/t11?,12-/m0/s1. The summed E-state index contributed by atoms with van der Waals surface area (Å²) in [5.74, 6) is 0.364. The summed E-state index contributed by atoms with van der Waals surface area (Å²) in [6.07, 6.45) is -0.257. The Morgan fingerprint density at radius 2 is 2.00 bits per heavy atom. The number of aliphatic imine (C=N–C) groups is 1. The van der Waals surface area contributed by atoms with Gasteiger partial charge in [0.05, 0.1) is 7.11 Å². The number of methoxy groups -OCH3 is 1. The van der Waals surface area contributed by atoms with Crippen molar-refractivity contribution in [2.75, 3.05) is 7.11 Å². The molecule has 1 aliphatic heterocycles. The van der Waals surface area contributed by atoms with Crippen molar-refractivity contribution in [2.45, 2.75) is 26.0 Å². The molecule has 2 rings (SSSR count). The summed E-state index contributed by atoms with van der Waals surface area (Å²) in [6, 6.07) is 9.02. The first-order valence-corrected chi connectivity index (χ1v) is 6.01. The molecule has 1 aromatic carbocycles. The highest BCUT2D eigenvalue weighted by Crippen LogP contribution is 2.24. The van der Waals surface area contributed by atoms with Crippen molar-refractivity contribution in [1.29, 1.82) is 0 Å². The number of nitrogens with zero attached hydrogens (tertiary/aromatic N) is 1. The van der Waals surface area contributed by atoms with E-state index in [4.69, 9.17) is 9.47 Å². The molecule has 1 aromatic rings. The fourth-order valence-electron chi connectivity index (χ4n) is 1.96. The maximum atomic E-state index is 11.7. The van der Waals surface area contributed by atoms with Gasteiger partial charge in [-0.25, -0.2) is 9.79 Å². The van der Waals surface area contributed by atoms with E-state index < -0.39 is 6.04 Å². The first-order valence-electron chi connectivity index (χ1n) is 6.01. The summed E-state index contributed by atoms with van der Waals surface area (Å²) in [5, 5.41) is 0. The van der Waals surface area contributed by atoms with Gasteiger partial charge in [0, 0.05) is 5.56 Å². The molecule has 0 N–H and O–H groups in total. The van der Waals surface area contributed by atoms with Crippen molar-refractivity contribution in [1.82, 2.24) is 0 Å². The lowest BCUT2D eigenvalue weighted by Crippen LogP contribution is -2.35. The average Bonchev–Trinajstić information content (AvgIpc) is 2.84. The summed E-state index contributed by atoms with van der Waals surface area (Å²) in [7, 11) is 1.37. The molecular weight excluding hydrogens is 230 g/mol. The molecule has 0 aliphatic carbocycles. The topological polar surface area (TPSA) is 47.9 Å². The molecule has 0 fully saturated rings. The molecule has 0 saturated heterocycles. The molecule has 4 nitrogen and oxygen atoms in total. The monoisotopic (exact) mass is 247 g/mol. The lowest BCUT2D eigenvalue weighted by molar-refractivity contribution is -0.144. The lowest BCUT2D eigenvalue weighted by Gasteiger charge is -2.19. The SMILES string of the molecule is COC(=O)C1N=C(c2ccccc2)O[C@H]1C(C)C. The van der Waals surface area contributed by atoms with Crippen LogP contribution in [0, 0.1) is 5.92 Å². The molecule has 1 aliphatic rings. The maximum absolute atomic E-state index is 11.7. The zero-order valence-corrected chi connectivity index (χ0v) is 10.8. The highest BCUT2D eigenvalue weighted by molar-refractivity contribution is 5.98. The van der Waals surface area contributed by atoms with Crippen LogP contribution in [0.4, 0.5) is 0 Å². The molecule has 2 atom stereocenters. The zero-order chi connectivity index (χ0) is 13.1. The Morgan fingerprint density at radius 1 is 1.33 bits per heavy atom. The van der Waals surface area contributed by atoms with Crippen LogP contribution >= 0.6 is 0 Å². The Kier molecular flexibility index (Phi) is 3.65. The molecule has 0 aromatic heterocycles. The molecule has 96 valence electrons. The second-order valence-corrected chi connectivity index (χ2v) is 4.59. The van der Waals surface area contributed by atoms with Crippen LogP contribution in [0.25, 0.3) is 0 Å². The molecule has 0 radical (unpaired) electrons. The fourth-order valence-corrected chi connectivity index (χ4v) is 1.96. The quantitative estimate of drug-likeness (QED) is 0.768. The highest BCUT2D eigenvalue weighted by Gasteiger charge is 2.39. The highest BCUT2D eigenvalue weighted by atomic mass is 16.5. The minimum absolute atomic E-state index is 0.194. The van der Waals surface area contributed by atoms with Gasteiger partial charge in [-0.05, 0) is 18.1 Å². The first-order chi connectivity index (χ1) is 8.63. The average molecular weight is 247 g/mol. The van der Waals surface area contributed by atoms with E-state index in [-0.39, 0.29) is 18.0 Å². The van der Waals surface area contributed by atoms with Crippen molar-refractivity contribution in [3.63, 3.8) is 0 Å². The van der Waals surface area contributed by atoms with Crippen LogP contribution in [0.15, 0.2) is 35.3 Å². The summed E-state index contributed by atoms with van der Waals surface area (Å²) >= 11 is 0. The number of hydrogen-bond acceptors (Lipinski definition) is 4. The Hall–Kier alpha value is -1.84. The van der Waals surface area contributed by atoms with E-state index in [0.29, 0.717) is 5.90 Å². The van der Waals surface area contributed by atoms with E-state index in [0.717, 1.165) is 5.56 Å². The smallest absolute Gasteiger partial charge is 0.334 e. The molecule has 0 amide bonds. The Morgan fingerprint density at radius 3 is 2.56 bits per heavy atom. The second kappa shape index (κ2) is 5.21. The van der Waals surface area contributed by atoms with E-state index in [1.165, 1.54) is 7.11 Å². The summed E-state index contributed by atoms with van der Waals surface area (Å²) in [6.45, 7) is 4.01. The number of carbonyl (C=O) groups excluding carboxylic acids is 1. The Bertz CT molecular complexity index is 453. The molecule has 0 spiro atoms. The van der Waals surface area contributed by atoms with Gasteiger partial charge in [0.25, 0.3) is 0 Å². The number of hydrogen-bond donors (Lipinski definition) is 0. The molecule has 1 heterocycles. The number of esters is 1. The number of carbonyl (C=O) groups is 1. The van der Waals surface area contributed by atoms with Crippen LogP contribution in [0.1, 0.15) is 19.4 Å². The van der Waals surface area contributed by atoms with E-state index in [1.807, 2.05) is 44.2 Å². The van der Waals surface area contributed by atoms with Crippen molar-refractivity contribution >= 4 is 11.9 Å². The Labute approximate surface area is 107 Å². The van der Waals surface area contributed by atoms with Gasteiger partial charge in [0.1, 0.15) is 6.10 Å². The van der Waals surface area contributed by atoms with Crippen molar-refractivity contribution in [3.05, 3.63) is 35.9 Å². The van der Waals surface area contributed by atoms with Crippen LogP contribution in [0.2, 0.25) is 0 Å². The maximum Gasteiger partial charge on any atom is 0.334 e. The lowest BCUT2D eigenvalue weighted by atomic mass is 10.0. The van der Waals surface area contributed by atoms with Crippen molar-refractivity contribution < 1.29 is 14.3 Å². The Balaban J connectivity index is 2.27. The molecule has 4 heteroatoms. The van der Waals surface area contributed by atoms with Crippen LogP contribution in [0.3, 0.4) is 0 Å². The molecule has 18 heavy (non-hydrogen) atoms. The third-order valence-corrected chi connectivity index (χ3v) is 2.94. The van der Waals surface area contributed by atoms with Crippen molar-refractivity contribution in [3.8, 4) is 0 Å². The van der Waals surface area contributed by atoms with Crippen LogP contribution < -0.4 is 0 Å². The van der Waals surface area contributed by atoms with Gasteiger partial charge >= 0.3 is 5.97 Å². The molecule has 0 bridgehead atoms. The van der Waals surface area contributed by atoms with Crippen LogP contribution in [-0.4, -0.2) is 31.1 Å². The molecular formula is C14H17NO3. The fraction of sp³-hybridized carbons (Fsp3) is 0.429. The minimum atomic E-state index is -0.565. The summed E-state index contributed by atoms with van der Waals surface area (Å²) in [5.41, 5.74) is 0.884. The van der Waals surface area contributed by atoms with Gasteiger partial charge in [-0.1, -0.05) is 32.0 Å². The van der Waals surface area contributed by atoms with Gasteiger partial charge in [-0.3, -0.25) is 0 Å². The number of benzene rings is 1. The van der Waals surface area contributed by atoms with Gasteiger partial charge in [-0.15, -0.1) is 0 Å². The normalized spacial score (nSPS) is 22.6. The number of ether oxygens (including phenoxy) is 2. The van der Waals surface area contributed by atoms with Gasteiger partial charge in [0.2, 0.25) is 5.90 Å². The summed E-state index contributed by atoms with van der Waals surface area (Å²) in [4.78, 5) is 16.0. The third kappa shape index (κ3) is 2.37. The minimum Gasteiger partial charge on any atom is -0.471 e. The van der Waals surface area contributed by atoms with Gasteiger partial charge in [0.15, 0.2) is 6.04 Å². The van der Waals surface area contributed by atoms with Crippen LogP contribution in [0.5, 0.6) is 0 Å². The van der Waals surface area contributed by atoms with E-state index in [9.17, 15) is 4.79 Å². The van der Waals surface area contributed by atoms with Gasteiger partial charge < -0.3 is 9.47 Å². The van der Waals surface area contributed by atoms with E-state index in [2.05, 4.69) is 4.99 Å². The van der Waals surface area contributed by atoms with E-state index >= 15 is 0 Å². The largest absolute Gasteiger partial charge is 0.471 e. The van der Waals surface area contributed by atoms with Crippen LogP contribution in [-0.2, 0) is 14.3 Å². The second-order valence-electron chi connectivity index (χ2n) is 4.59. The molecule has 0 saturated carbocycles. The van der Waals surface area contributed by atoms with E-state index in [1.54, 1.807) is 0 Å². The van der Waals surface area contributed by atoms with Gasteiger partial charge in [-0.2, -0.15) is 0 Å². The third-order valence-electron chi connectivity index (χ3n) is 2.94. The number of rotatable bonds is 3. The zero-order valence-electron chi connectivity index (χ0n) is 10.8. The summed E-state index contributed by atoms with van der Waals surface area (Å²) < 4.78 is 10.6.